The van der Waals surface area contributed by atoms with Crippen LogP contribution in [0.4, 0.5) is 0 Å². The molecule has 18 heavy (non-hydrogen) atoms. The summed E-state index contributed by atoms with van der Waals surface area (Å²) in [5, 5.41) is 0. The van der Waals surface area contributed by atoms with Crippen LogP contribution in [-0.2, 0) is 4.74 Å². The molecule has 2 N–H and O–H groups in total. The van der Waals surface area contributed by atoms with Crippen molar-refractivity contribution in [1.29, 1.82) is 0 Å². The highest BCUT2D eigenvalue weighted by Crippen LogP contribution is 2.28. The molecule has 2 fully saturated rings. The van der Waals surface area contributed by atoms with Gasteiger partial charge in [-0.1, -0.05) is 0 Å². The van der Waals surface area contributed by atoms with Crippen LogP contribution in [0.5, 0.6) is 0 Å². The molecule has 1 atom stereocenters. The Morgan fingerprint density at radius 3 is 2.28 bits per heavy atom. The topological polar surface area (TPSA) is 41.7 Å². The lowest BCUT2D eigenvalue weighted by Crippen LogP contribution is -2.54. The Hall–Kier alpha value is -0.160. The summed E-state index contributed by atoms with van der Waals surface area (Å²) in [6.07, 6.45) is 3.84. The molecule has 0 aromatic rings. The summed E-state index contributed by atoms with van der Waals surface area (Å²) in [6, 6.07) is 1.36. The number of nitrogens with zero attached hydrogens (tertiary/aromatic N) is 2. The van der Waals surface area contributed by atoms with Crippen molar-refractivity contribution in [3.63, 3.8) is 0 Å². The molecule has 0 amide bonds. The largest absolute Gasteiger partial charge is 0.379 e. The Bertz CT molecular complexity index is 258. The van der Waals surface area contributed by atoms with Gasteiger partial charge >= 0.3 is 0 Å². The minimum absolute atomic E-state index is 0.0718. The molecule has 0 radical (unpaired) electrons. The van der Waals surface area contributed by atoms with Crippen LogP contribution < -0.4 is 5.73 Å². The van der Waals surface area contributed by atoms with Gasteiger partial charge in [0.05, 0.1) is 5.60 Å². The SMILES string of the molecule is COC(C)(C)CC(CN)N1CCN(C2CC2)CC1. The van der Waals surface area contributed by atoms with E-state index in [1.807, 2.05) is 0 Å². The number of rotatable bonds is 6. The van der Waals surface area contributed by atoms with Crippen molar-refractivity contribution in [2.45, 2.75) is 50.8 Å². The first-order valence-corrected chi connectivity index (χ1v) is 7.29. The highest BCUT2D eigenvalue weighted by atomic mass is 16.5. The minimum Gasteiger partial charge on any atom is -0.379 e. The normalized spacial score (nSPS) is 25.3. The van der Waals surface area contributed by atoms with Gasteiger partial charge in [0.15, 0.2) is 0 Å². The monoisotopic (exact) mass is 255 g/mol. The summed E-state index contributed by atoms with van der Waals surface area (Å²) in [6.45, 7) is 9.79. The Balaban J connectivity index is 1.81. The quantitative estimate of drug-likeness (QED) is 0.766. The third kappa shape index (κ3) is 3.67. The van der Waals surface area contributed by atoms with E-state index < -0.39 is 0 Å². The lowest BCUT2D eigenvalue weighted by Gasteiger charge is -2.41. The number of hydrogen-bond donors (Lipinski definition) is 1. The summed E-state index contributed by atoms with van der Waals surface area (Å²) in [7, 11) is 1.79. The molecule has 2 rings (SSSR count). The van der Waals surface area contributed by atoms with Crippen LogP contribution in [0.1, 0.15) is 33.1 Å². The zero-order valence-electron chi connectivity index (χ0n) is 12.2. The van der Waals surface area contributed by atoms with Gasteiger partial charge in [0.1, 0.15) is 0 Å². The van der Waals surface area contributed by atoms with Crippen molar-refractivity contribution >= 4 is 0 Å². The molecule has 0 spiro atoms. The molecule has 0 aromatic heterocycles. The highest BCUT2D eigenvalue weighted by Gasteiger charge is 2.33. The Morgan fingerprint density at radius 2 is 1.83 bits per heavy atom. The summed E-state index contributed by atoms with van der Waals surface area (Å²) in [4.78, 5) is 5.20. The zero-order chi connectivity index (χ0) is 13.2. The molecule has 4 nitrogen and oxygen atoms in total. The Kier molecular flexibility index (Phi) is 4.64. The first-order valence-electron chi connectivity index (χ1n) is 7.29. The molecule has 1 aliphatic heterocycles. The predicted octanol–water partition coefficient (Wildman–Crippen LogP) is 0.909. The van der Waals surface area contributed by atoms with Crippen LogP contribution in [0, 0.1) is 0 Å². The fraction of sp³-hybridized carbons (Fsp3) is 1.00. The standard InChI is InChI=1S/C14H29N3O/c1-14(2,18-3)10-13(11-15)17-8-6-16(7-9-17)12-4-5-12/h12-13H,4-11,15H2,1-3H3. The molecule has 2 aliphatic rings. The second-order valence-corrected chi connectivity index (χ2v) is 6.36. The number of hydrogen-bond acceptors (Lipinski definition) is 4. The van der Waals surface area contributed by atoms with Crippen LogP contribution in [0.25, 0.3) is 0 Å². The number of piperazine rings is 1. The maximum Gasteiger partial charge on any atom is 0.0638 e. The predicted molar refractivity (Wildman–Crippen MR) is 74.7 cm³/mol. The molecular weight excluding hydrogens is 226 g/mol. The van der Waals surface area contributed by atoms with Gasteiger partial charge in [0.2, 0.25) is 0 Å². The van der Waals surface area contributed by atoms with Crippen molar-refractivity contribution in [3.05, 3.63) is 0 Å². The van der Waals surface area contributed by atoms with Crippen LogP contribution in [-0.4, -0.2) is 67.3 Å². The Labute approximate surface area is 111 Å². The molecule has 1 aliphatic carbocycles. The summed E-state index contributed by atoms with van der Waals surface area (Å²) in [5.41, 5.74) is 5.89. The molecule has 1 heterocycles. The van der Waals surface area contributed by atoms with Crippen LogP contribution in [0.3, 0.4) is 0 Å². The third-order valence-corrected chi connectivity index (χ3v) is 4.48. The van der Waals surface area contributed by atoms with Gasteiger partial charge in [-0.15, -0.1) is 0 Å². The molecule has 1 saturated carbocycles. The van der Waals surface area contributed by atoms with Crippen LogP contribution in [0.2, 0.25) is 0 Å². The third-order valence-electron chi connectivity index (χ3n) is 4.48. The van der Waals surface area contributed by atoms with E-state index in [0.29, 0.717) is 6.04 Å². The van der Waals surface area contributed by atoms with E-state index in [2.05, 4.69) is 23.6 Å². The van der Waals surface area contributed by atoms with Crippen molar-refractivity contribution in [3.8, 4) is 0 Å². The van der Waals surface area contributed by atoms with Gasteiger partial charge in [-0.25, -0.2) is 0 Å². The zero-order valence-corrected chi connectivity index (χ0v) is 12.2. The molecule has 4 heteroatoms. The van der Waals surface area contributed by atoms with Crippen molar-refractivity contribution < 1.29 is 4.74 Å². The molecular formula is C14H29N3O. The summed E-state index contributed by atoms with van der Waals surface area (Å²) >= 11 is 0. The number of nitrogens with two attached hydrogens (primary N) is 1. The number of ether oxygens (including phenoxy) is 1. The van der Waals surface area contributed by atoms with Gasteiger partial charge in [0, 0.05) is 51.9 Å². The number of methoxy groups -OCH3 is 1. The van der Waals surface area contributed by atoms with E-state index in [4.69, 9.17) is 10.5 Å². The maximum atomic E-state index is 5.96. The second kappa shape index (κ2) is 5.87. The van der Waals surface area contributed by atoms with Gasteiger partial charge in [0.25, 0.3) is 0 Å². The lowest BCUT2D eigenvalue weighted by molar-refractivity contribution is -0.0151. The summed E-state index contributed by atoms with van der Waals surface area (Å²) in [5.74, 6) is 0. The van der Waals surface area contributed by atoms with E-state index in [1.165, 1.54) is 25.9 Å². The first kappa shape index (κ1) is 14.3. The molecule has 1 saturated heterocycles. The molecule has 0 aromatic carbocycles. The smallest absolute Gasteiger partial charge is 0.0638 e. The first-order chi connectivity index (χ1) is 8.55. The molecule has 0 bridgehead atoms. The average Bonchev–Trinajstić information content (AvgIpc) is 3.21. The summed E-state index contributed by atoms with van der Waals surface area (Å²) < 4.78 is 5.54. The second-order valence-electron chi connectivity index (χ2n) is 6.36. The Morgan fingerprint density at radius 1 is 1.22 bits per heavy atom. The fourth-order valence-corrected chi connectivity index (χ4v) is 2.92. The van der Waals surface area contributed by atoms with Crippen LogP contribution >= 0.6 is 0 Å². The lowest BCUT2D eigenvalue weighted by atomic mass is 9.97. The fourth-order valence-electron chi connectivity index (χ4n) is 2.92. The van der Waals surface area contributed by atoms with E-state index in [9.17, 15) is 0 Å². The molecule has 106 valence electrons. The van der Waals surface area contributed by atoms with Gasteiger partial charge in [-0.3, -0.25) is 9.80 Å². The van der Waals surface area contributed by atoms with E-state index in [1.54, 1.807) is 7.11 Å². The van der Waals surface area contributed by atoms with E-state index >= 15 is 0 Å². The average molecular weight is 255 g/mol. The van der Waals surface area contributed by atoms with E-state index in [0.717, 1.165) is 32.1 Å². The minimum atomic E-state index is -0.0718. The van der Waals surface area contributed by atoms with Crippen molar-refractivity contribution in [1.82, 2.24) is 9.80 Å². The maximum absolute atomic E-state index is 5.96. The van der Waals surface area contributed by atoms with Gasteiger partial charge in [-0.2, -0.15) is 0 Å². The van der Waals surface area contributed by atoms with Gasteiger partial charge < -0.3 is 10.5 Å². The van der Waals surface area contributed by atoms with Crippen molar-refractivity contribution in [2.75, 3.05) is 39.8 Å². The van der Waals surface area contributed by atoms with E-state index in [-0.39, 0.29) is 5.60 Å². The van der Waals surface area contributed by atoms with Crippen molar-refractivity contribution in [2.24, 2.45) is 5.73 Å². The molecule has 1 unspecified atom stereocenters. The van der Waals surface area contributed by atoms with Crippen LogP contribution in [0.15, 0.2) is 0 Å². The van der Waals surface area contributed by atoms with Gasteiger partial charge in [-0.05, 0) is 33.1 Å². The highest BCUT2D eigenvalue weighted by molar-refractivity contribution is 4.90.